The molecule has 6 aromatic carbocycles. The van der Waals surface area contributed by atoms with E-state index in [9.17, 15) is 28.8 Å². The summed E-state index contributed by atoms with van der Waals surface area (Å²) in [6.07, 6.45) is 5.67. The van der Waals surface area contributed by atoms with Gasteiger partial charge in [0, 0.05) is 93.8 Å². The van der Waals surface area contributed by atoms with Crippen molar-refractivity contribution in [3.63, 3.8) is 0 Å². The van der Waals surface area contributed by atoms with Crippen LogP contribution in [0.5, 0.6) is 11.5 Å². The Morgan fingerprint density at radius 2 is 0.894 bits per heavy atom. The second-order valence-electron chi connectivity index (χ2n) is 19.2. The van der Waals surface area contributed by atoms with Crippen LogP contribution in [0.4, 0.5) is 11.4 Å². The van der Waals surface area contributed by atoms with E-state index in [0.717, 1.165) is 22.2 Å². The van der Waals surface area contributed by atoms with Crippen LogP contribution in [0.25, 0.3) is 34.0 Å². The maximum Gasteiger partial charge on any atom is 0.251 e. The highest BCUT2D eigenvalue weighted by atomic mass is 35.5. The third-order valence-electron chi connectivity index (χ3n) is 13.3. The van der Waals surface area contributed by atoms with Gasteiger partial charge in [-0.15, -0.1) is 0 Å². The molecule has 8 rings (SSSR count). The quantitative estimate of drug-likeness (QED) is 0.0330. The number of ether oxygens (including phenoxy) is 3. The lowest BCUT2D eigenvalue weighted by molar-refractivity contribution is -0.122. The summed E-state index contributed by atoms with van der Waals surface area (Å²) in [6.45, 7) is 4.05. The van der Waals surface area contributed by atoms with E-state index in [2.05, 4.69) is 31.2 Å². The highest BCUT2D eigenvalue weighted by Crippen LogP contribution is 2.37. The number of benzene rings is 6. The number of anilines is 2. The van der Waals surface area contributed by atoms with E-state index in [-0.39, 0.29) is 74.5 Å². The number of rotatable bonds is 24. The standard InChI is InChI=1S/C64H58Cl4N8O9/c1-39-11-19-43-7-5-9-53(61(43)73-39)84-37-47-49(65)25-27-51(59(47)67)75(3)57(79)35-71-55(77)29-17-41-13-21-45(22-14-41)63(81)69-31-33-83-34-32-70-64(82)46-23-15-42(16-24-46)18-30-56(78)72-36-58(80)76(4)52-28-26-50(66)48(60(52)68)38-85-54-10-6-8-44-20-12-40(2)74-62(44)54/h5-30H,31-38H2,1-4H3,(H,69,81)(H,70,82)(H,71,77)(H,72,78)/b29-17+,30-18+. The average molecular weight is 1230 g/mol. The summed E-state index contributed by atoms with van der Waals surface area (Å²) in [5, 5.41) is 13.8. The van der Waals surface area contributed by atoms with Crippen molar-refractivity contribution < 1.29 is 43.0 Å². The van der Waals surface area contributed by atoms with Gasteiger partial charge in [-0.25, -0.2) is 9.97 Å². The number of carbonyl (C=O) groups is 6. The van der Waals surface area contributed by atoms with Crippen molar-refractivity contribution in [3.8, 4) is 11.5 Å². The van der Waals surface area contributed by atoms with Crippen LogP contribution in [-0.2, 0) is 37.1 Å². The van der Waals surface area contributed by atoms with E-state index in [1.54, 1.807) is 99.0 Å². The molecule has 6 amide bonds. The van der Waals surface area contributed by atoms with Crippen molar-refractivity contribution in [1.29, 1.82) is 0 Å². The van der Waals surface area contributed by atoms with Gasteiger partial charge in [-0.05, 0) is 110 Å². The summed E-state index contributed by atoms with van der Waals surface area (Å²) >= 11 is 26.6. The van der Waals surface area contributed by atoms with Crippen molar-refractivity contribution in [2.45, 2.75) is 27.1 Å². The molecule has 2 aromatic heterocycles. The van der Waals surface area contributed by atoms with Crippen molar-refractivity contribution in [2.75, 3.05) is 63.3 Å². The predicted molar refractivity (Wildman–Crippen MR) is 334 cm³/mol. The number of aryl methyl sites for hydroxylation is 2. The van der Waals surface area contributed by atoms with Crippen LogP contribution in [0.1, 0.15) is 54.4 Å². The minimum atomic E-state index is -0.508. The number of nitrogens with zero attached hydrogens (tertiary/aromatic N) is 4. The first kappa shape index (κ1) is 62.2. The summed E-state index contributed by atoms with van der Waals surface area (Å²) in [4.78, 5) is 89.1. The molecule has 0 fully saturated rings. The zero-order chi connectivity index (χ0) is 60.6. The number of amides is 6. The maximum absolute atomic E-state index is 13.2. The maximum atomic E-state index is 13.2. The number of carbonyl (C=O) groups excluding carboxylic acids is 6. The summed E-state index contributed by atoms with van der Waals surface area (Å²) in [7, 11) is 3.09. The normalized spacial score (nSPS) is 11.2. The van der Waals surface area contributed by atoms with Crippen LogP contribution < -0.4 is 40.5 Å². The lowest BCUT2D eigenvalue weighted by Crippen LogP contribution is -2.37. The van der Waals surface area contributed by atoms with Crippen LogP contribution >= 0.6 is 46.4 Å². The molecule has 4 N–H and O–H groups in total. The Labute approximate surface area is 510 Å². The molecule has 0 bridgehead atoms. The summed E-state index contributed by atoms with van der Waals surface area (Å²) in [5.74, 6) is -1.41. The molecule has 0 aliphatic rings. The Hall–Kier alpha value is -8.84. The smallest absolute Gasteiger partial charge is 0.251 e. The Morgan fingerprint density at radius 3 is 1.29 bits per heavy atom. The zero-order valence-electron chi connectivity index (χ0n) is 46.6. The number of halogens is 4. The predicted octanol–water partition coefficient (Wildman–Crippen LogP) is 10.9. The minimum Gasteiger partial charge on any atom is -0.487 e. The SMILES string of the molecule is Cc1ccc2cccc(OCc3c(Cl)ccc(N(C)C(=O)CNC(=O)/C=C/c4ccc(C(=O)NCCOCCNC(=O)c5ccc(/C=C/C(=O)NCC(=O)N(C)c6ccc(Cl)c(COc7cccc8ccc(C)nc78)c6Cl)cc5)cc4)c3Cl)c2n1. The van der Waals surface area contributed by atoms with Gasteiger partial charge in [0.1, 0.15) is 35.7 Å². The largest absolute Gasteiger partial charge is 0.487 e. The van der Waals surface area contributed by atoms with Crippen LogP contribution in [0.2, 0.25) is 20.1 Å². The van der Waals surface area contributed by atoms with Crippen molar-refractivity contribution in [1.82, 2.24) is 31.2 Å². The van der Waals surface area contributed by atoms with Crippen molar-refractivity contribution in [3.05, 3.63) is 210 Å². The lowest BCUT2D eigenvalue weighted by atomic mass is 10.1. The van der Waals surface area contributed by atoms with Crippen LogP contribution in [-0.4, -0.2) is 98.9 Å². The summed E-state index contributed by atoms with van der Waals surface area (Å²) < 4.78 is 17.8. The van der Waals surface area contributed by atoms with E-state index in [1.807, 2.05) is 74.5 Å². The third-order valence-corrected chi connectivity index (χ3v) is 14.8. The molecule has 0 aliphatic heterocycles. The van der Waals surface area contributed by atoms with Crippen molar-refractivity contribution >= 4 is 127 Å². The lowest BCUT2D eigenvalue weighted by Gasteiger charge is -2.21. The molecule has 0 atom stereocenters. The number of pyridine rings is 2. The molecule has 85 heavy (non-hydrogen) atoms. The third kappa shape index (κ3) is 16.7. The molecule has 2 heterocycles. The van der Waals surface area contributed by atoms with Gasteiger partial charge in [0.2, 0.25) is 23.6 Å². The molecule has 21 heteroatoms. The van der Waals surface area contributed by atoms with E-state index in [0.29, 0.717) is 77.3 Å². The number of nitrogens with one attached hydrogen (secondary N) is 4. The van der Waals surface area contributed by atoms with E-state index in [1.165, 1.54) is 22.0 Å². The van der Waals surface area contributed by atoms with Gasteiger partial charge >= 0.3 is 0 Å². The fourth-order valence-corrected chi connectivity index (χ4v) is 9.70. The molecule has 8 aromatic rings. The number of likely N-dealkylation sites (N-methyl/N-ethyl adjacent to an activating group) is 2. The van der Waals surface area contributed by atoms with Gasteiger partial charge in [0.15, 0.2) is 0 Å². The molecule has 0 aliphatic carbocycles. The second kappa shape index (κ2) is 29.6. The van der Waals surface area contributed by atoms with E-state index in [4.69, 9.17) is 60.6 Å². The van der Waals surface area contributed by atoms with Gasteiger partial charge < -0.3 is 45.3 Å². The fraction of sp³-hybridized carbons (Fsp3) is 0.188. The molecular weight excluding hydrogens is 1170 g/mol. The first-order valence-electron chi connectivity index (χ1n) is 26.7. The van der Waals surface area contributed by atoms with Gasteiger partial charge in [-0.1, -0.05) is 107 Å². The van der Waals surface area contributed by atoms with Gasteiger partial charge in [-0.2, -0.15) is 0 Å². The number of aromatic nitrogens is 2. The van der Waals surface area contributed by atoms with Gasteiger partial charge in [0.05, 0.1) is 47.7 Å². The molecule has 17 nitrogen and oxygen atoms in total. The molecular formula is C64H58Cl4N8O9. The molecule has 0 saturated carbocycles. The fourth-order valence-electron chi connectivity index (χ4n) is 8.48. The van der Waals surface area contributed by atoms with Crippen LogP contribution in [0.15, 0.2) is 146 Å². The second-order valence-corrected chi connectivity index (χ2v) is 20.8. The topological polar surface area (TPSA) is 210 Å². The Balaban J connectivity index is 0.685. The average Bonchev–Trinajstić information content (AvgIpc) is 3.61. The number of hydrogen-bond acceptors (Lipinski definition) is 11. The minimum absolute atomic E-state index is 0.0239. The summed E-state index contributed by atoms with van der Waals surface area (Å²) in [5.41, 5.74) is 6.91. The monoisotopic (exact) mass is 1220 g/mol. The summed E-state index contributed by atoms with van der Waals surface area (Å²) in [6, 6.07) is 38.7. The first-order chi connectivity index (χ1) is 40.9. The van der Waals surface area contributed by atoms with E-state index < -0.39 is 23.6 Å². The molecule has 0 saturated heterocycles. The van der Waals surface area contributed by atoms with Crippen LogP contribution in [0.3, 0.4) is 0 Å². The zero-order valence-corrected chi connectivity index (χ0v) is 49.7. The number of para-hydroxylation sites is 2. The number of fused-ring (bicyclic) bond motifs is 2. The number of hydrogen-bond donors (Lipinski definition) is 4. The highest BCUT2D eigenvalue weighted by molar-refractivity contribution is 6.39. The molecule has 0 radical (unpaired) electrons. The first-order valence-corrected chi connectivity index (χ1v) is 28.2. The van der Waals surface area contributed by atoms with Gasteiger partial charge in [-0.3, -0.25) is 28.8 Å². The van der Waals surface area contributed by atoms with Gasteiger partial charge in [0.25, 0.3) is 11.8 Å². The van der Waals surface area contributed by atoms with E-state index >= 15 is 0 Å². The van der Waals surface area contributed by atoms with Crippen LogP contribution in [0, 0.1) is 13.8 Å². The Bertz CT molecular complexity index is 3610. The highest BCUT2D eigenvalue weighted by Gasteiger charge is 2.22. The molecule has 0 spiro atoms. The molecule has 436 valence electrons. The Kier molecular flexibility index (Phi) is 21.7. The Morgan fingerprint density at radius 1 is 0.494 bits per heavy atom. The van der Waals surface area contributed by atoms with Crippen molar-refractivity contribution in [2.24, 2.45) is 0 Å². The molecule has 0 unspecified atom stereocenters.